The molecule has 1 unspecified atom stereocenters. The molecule has 1 aliphatic heterocycles. The second-order valence-electron chi connectivity index (χ2n) is 6.62. The van der Waals surface area contributed by atoms with Crippen LogP contribution in [0.3, 0.4) is 0 Å². The fourth-order valence-corrected chi connectivity index (χ4v) is 3.22. The molecule has 2 N–H and O–H groups in total. The summed E-state index contributed by atoms with van der Waals surface area (Å²) in [6.07, 6.45) is 3.30. The smallest absolute Gasteiger partial charge is 0.225 e. The molecule has 6 heteroatoms. The van der Waals surface area contributed by atoms with Crippen LogP contribution in [0.4, 0.5) is 11.8 Å². The number of rotatable bonds is 7. The van der Waals surface area contributed by atoms with Crippen LogP contribution in [0.5, 0.6) is 0 Å². The first kappa shape index (κ1) is 16.8. The van der Waals surface area contributed by atoms with Crippen molar-refractivity contribution in [3.63, 3.8) is 0 Å². The molecular weight excluding hydrogens is 328 g/mol. The van der Waals surface area contributed by atoms with Gasteiger partial charge in [-0.25, -0.2) is 4.98 Å². The standard InChI is InChI=1S/C20H24N4O2/c1-14-8-9-15(26-14)10-11-21-20-23-18-7-3-2-6-17(18)19(24-20)22-13-16-5-4-12-25-16/h2-3,6-9,16H,4-5,10-13H2,1H3,(H2,21,22,23,24). The highest BCUT2D eigenvalue weighted by molar-refractivity contribution is 5.90. The highest BCUT2D eigenvalue weighted by atomic mass is 16.5. The van der Waals surface area contributed by atoms with Crippen molar-refractivity contribution in [2.24, 2.45) is 0 Å². The predicted octanol–water partition coefficient (Wildman–Crippen LogP) is 3.78. The molecule has 6 nitrogen and oxygen atoms in total. The molecule has 3 heterocycles. The molecule has 1 saturated heterocycles. The number of nitrogens with one attached hydrogen (secondary N) is 2. The van der Waals surface area contributed by atoms with Crippen molar-refractivity contribution in [2.75, 3.05) is 30.3 Å². The van der Waals surface area contributed by atoms with E-state index < -0.39 is 0 Å². The molecule has 0 aliphatic carbocycles. The first-order valence-electron chi connectivity index (χ1n) is 9.19. The Bertz CT molecular complexity index is 871. The molecule has 1 aromatic carbocycles. The summed E-state index contributed by atoms with van der Waals surface area (Å²) >= 11 is 0. The molecule has 0 bridgehead atoms. The van der Waals surface area contributed by atoms with Gasteiger partial charge < -0.3 is 19.8 Å². The zero-order valence-electron chi connectivity index (χ0n) is 15.0. The van der Waals surface area contributed by atoms with Crippen LogP contribution in [0.1, 0.15) is 24.4 Å². The van der Waals surface area contributed by atoms with E-state index in [1.807, 2.05) is 43.3 Å². The maximum Gasteiger partial charge on any atom is 0.225 e. The van der Waals surface area contributed by atoms with Crippen molar-refractivity contribution in [3.8, 4) is 0 Å². The van der Waals surface area contributed by atoms with Gasteiger partial charge in [-0.3, -0.25) is 0 Å². The van der Waals surface area contributed by atoms with Gasteiger partial charge in [-0.2, -0.15) is 4.98 Å². The fraction of sp³-hybridized carbons (Fsp3) is 0.400. The Balaban J connectivity index is 1.47. The second kappa shape index (κ2) is 7.74. The Morgan fingerprint density at radius 2 is 2.04 bits per heavy atom. The minimum absolute atomic E-state index is 0.266. The predicted molar refractivity (Wildman–Crippen MR) is 103 cm³/mol. The number of hydrogen-bond acceptors (Lipinski definition) is 6. The zero-order chi connectivity index (χ0) is 17.8. The van der Waals surface area contributed by atoms with Gasteiger partial charge in [-0.1, -0.05) is 12.1 Å². The molecule has 1 fully saturated rings. The lowest BCUT2D eigenvalue weighted by atomic mass is 10.2. The van der Waals surface area contributed by atoms with E-state index in [1.165, 1.54) is 0 Å². The normalized spacial score (nSPS) is 16.9. The van der Waals surface area contributed by atoms with E-state index in [4.69, 9.17) is 9.15 Å². The van der Waals surface area contributed by atoms with Crippen molar-refractivity contribution in [2.45, 2.75) is 32.3 Å². The maximum atomic E-state index is 5.70. The average Bonchev–Trinajstić information content (AvgIpc) is 3.31. The number of furan rings is 1. The molecule has 26 heavy (non-hydrogen) atoms. The van der Waals surface area contributed by atoms with Gasteiger partial charge in [0.25, 0.3) is 0 Å². The number of anilines is 2. The SMILES string of the molecule is Cc1ccc(CCNc2nc(NCC3CCCO3)c3ccccc3n2)o1. The molecule has 0 amide bonds. The van der Waals surface area contributed by atoms with E-state index in [-0.39, 0.29) is 6.10 Å². The first-order valence-corrected chi connectivity index (χ1v) is 9.19. The summed E-state index contributed by atoms with van der Waals surface area (Å²) < 4.78 is 11.3. The Hall–Kier alpha value is -2.60. The second-order valence-corrected chi connectivity index (χ2v) is 6.62. The first-order chi connectivity index (χ1) is 12.8. The molecule has 1 atom stereocenters. The van der Waals surface area contributed by atoms with Gasteiger partial charge >= 0.3 is 0 Å². The Kier molecular flexibility index (Phi) is 5.02. The largest absolute Gasteiger partial charge is 0.466 e. The summed E-state index contributed by atoms with van der Waals surface area (Å²) in [5.74, 6) is 3.37. The molecule has 136 valence electrons. The van der Waals surface area contributed by atoms with E-state index in [2.05, 4.69) is 20.6 Å². The molecule has 3 aromatic rings. The number of nitrogens with zero attached hydrogens (tertiary/aromatic N) is 2. The monoisotopic (exact) mass is 352 g/mol. The van der Waals surface area contributed by atoms with Crippen molar-refractivity contribution >= 4 is 22.7 Å². The van der Waals surface area contributed by atoms with Gasteiger partial charge in [0.15, 0.2) is 0 Å². The summed E-state index contributed by atoms with van der Waals surface area (Å²) in [5.41, 5.74) is 0.925. The number of ether oxygens (including phenoxy) is 1. The van der Waals surface area contributed by atoms with Gasteiger partial charge in [0, 0.05) is 31.5 Å². The molecule has 0 radical (unpaired) electrons. The average molecular weight is 352 g/mol. The quantitative estimate of drug-likeness (QED) is 0.674. The van der Waals surface area contributed by atoms with Crippen LogP contribution < -0.4 is 10.6 Å². The van der Waals surface area contributed by atoms with E-state index in [0.717, 1.165) is 67.2 Å². The van der Waals surface area contributed by atoms with Crippen LogP contribution in [0.15, 0.2) is 40.8 Å². The molecular formula is C20H24N4O2. The summed E-state index contributed by atoms with van der Waals surface area (Å²) in [6, 6.07) is 12.0. The lowest BCUT2D eigenvalue weighted by Gasteiger charge is -2.14. The summed E-state index contributed by atoms with van der Waals surface area (Å²) in [6.45, 7) is 4.30. The third-order valence-electron chi connectivity index (χ3n) is 4.57. The van der Waals surface area contributed by atoms with Crippen LogP contribution in [0.25, 0.3) is 10.9 Å². The highest BCUT2D eigenvalue weighted by Gasteiger charge is 2.16. The zero-order valence-corrected chi connectivity index (χ0v) is 15.0. The Labute approximate surface area is 153 Å². The van der Waals surface area contributed by atoms with Crippen LogP contribution in [0, 0.1) is 6.92 Å². The highest BCUT2D eigenvalue weighted by Crippen LogP contribution is 2.23. The molecule has 0 saturated carbocycles. The van der Waals surface area contributed by atoms with Crippen molar-refractivity contribution in [3.05, 3.63) is 47.9 Å². The van der Waals surface area contributed by atoms with Gasteiger partial charge in [-0.05, 0) is 44.0 Å². The van der Waals surface area contributed by atoms with E-state index in [0.29, 0.717) is 5.95 Å². The number of fused-ring (bicyclic) bond motifs is 1. The third kappa shape index (κ3) is 3.96. The molecule has 0 spiro atoms. The van der Waals surface area contributed by atoms with Gasteiger partial charge in [0.05, 0.1) is 11.6 Å². The fourth-order valence-electron chi connectivity index (χ4n) is 3.22. The van der Waals surface area contributed by atoms with Crippen molar-refractivity contribution in [1.29, 1.82) is 0 Å². The number of para-hydroxylation sites is 1. The van der Waals surface area contributed by atoms with Gasteiger partial charge in [-0.15, -0.1) is 0 Å². The lowest BCUT2D eigenvalue weighted by molar-refractivity contribution is 0.120. The minimum Gasteiger partial charge on any atom is -0.466 e. The van der Waals surface area contributed by atoms with Crippen LogP contribution >= 0.6 is 0 Å². The summed E-state index contributed by atoms with van der Waals surface area (Å²) in [5, 5.41) is 7.78. The Morgan fingerprint density at radius 3 is 2.85 bits per heavy atom. The van der Waals surface area contributed by atoms with Crippen LogP contribution in [0.2, 0.25) is 0 Å². The number of hydrogen-bond donors (Lipinski definition) is 2. The van der Waals surface area contributed by atoms with Crippen LogP contribution in [-0.2, 0) is 11.2 Å². The molecule has 4 rings (SSSR count). The van der Waals surface area contributed by atoms with E-state index in [9.17, 15) is 0 Å². The van der Waals surface area contributed by atoms with E-state index in [1.54, 1.807) is 0 Å². The number of aryl methyl sites for hydroxylation is 1. The lowest BCUT2D eigenvalue weighted by Crippen LogP contribution is -2.19. The van der Waals surface area contributed by atoms with Crippen LogP contribution in [-0.4, -0.2) is 35.8 Å². The topological polar surface area (TPSA) is 72.2 Å². The number of benzene rings is 1. The maximum absolute atomic E-state index is 5.70. The minimum atomic E-state index is 0.266. The summed E-state index contributed by atoms with van der Waals surface area (Å²) in [4.78, 5) is 9.31. The van der Waals surface area contributed by atoms with E-state index >= 15 is 0 Å². The van der Waals surface area contributed by atoms with Gasteiger partial charge in [0.1, 0.15) is 17.3 Å². The van der Waals surface area contributed by atoms with Gasteiger partial charge in [0.2, 0.25) is 5.95 Å². The summed E-state index contributed by atoms with van der Waals surface area (Å²) in [7, 11) is 0. The molecule has 1 aliphatic rings. The van der Waals surface area contributed by atoms with Crippen molar-refractivity contribution in [1.82, 2.24) is 9.97 Å². The molecule has 2 aromatic heterocycles. The Morgan fingerprint density at radius 1 is 1.12 bits per heavy atom. The van der Waals surface area contributed by atoms with Crippen molar-refractivity contribution < 1.29 is 9.15 Å². The number of aromatic nitrogens is 2. The third-order valence-corrected chi connectivity index (χ3v) is 4.57.